The molecule has 1 N–H and O–H groups in total. The van der Waals surface area contributed by atoms with Gasteiger partial charge in [0.1, 0.15) is 5.82 Å². The first-order chi connectivity index (χ1) is 11.8. The first-order valence-corrected chi connectivity index (χ1v) is 7.37. The van der Waals surface area contributed by atoms with Crippen LogP contribution in [0.25, 0.3) is 0 Å². The molecule has 1 unspecified atom stereocenters. The fourth-order valence-corrected chi connectivity index (χ4v) is 2.64. The molecule has 2 aromatic carbocycles. The highest BCUT2D eigenvalue weighted by Gasteiger charge is 2.42. The van der Waals surface area contributed by atoms with Crippen LogP contribution < -0.4 is 5.32 Å². The lowest BCUT2D eigenvalue weighted by atomic mass is 9.89. The van der Waals surface area contributed by atoms with E-state index >= 15 is 0 Å². The Labute approximate surface area is 141 Å². The van der Waals surface area contributed by atoms with Crippen LogP contribution in [-0.2, 0) is 16.0 Å². The third-order valence-corrected chi connectivity index (χ3v) is 3.97. The van der Waals surface area contributed by atoms with E-state index in [0.717, 1.165) is 18.2 Å². The van der Waals surface area contributed by atoms with Crippen molar-refractivity contribution in [2.75, 3.05) is 5.32 Å². The number of esters is 1. The highest BCUT2D eigenvalue weighted by Crippen LogP contribution is 2.30. The van der Waals surface area contributed by atoms with Crippen LogP contribution in [0.2, 0.25) is 0 Å². The molecule has 0 saturated heterocycles. The highest BCUT2D eigenvalue weighted by molar-refractivity contribution is 6.02. The van der Waals surface area contributed by atoms with Gasteiger partial charge in [-0.1, -0.05) is 18.2 Å². The van der Waals surface area contributed by atoms with Crippen LogP contribution in [0.5, 0.6) is 0 Å². The van der Waals surface area contributed by atoms with Crippen molar-refractivity contribution in [2.24, 2.45) is 0 Å². The summed E-state index contributed by atoms with van der Waals surface area (Å²) >= 11 is 0. The quantitative estimate of drug-likeness (QED) is 0.524. The number of anilines is 1. The Bertz CT molecular complexity index is 898. The molecule has 0 aliphatic carbocycles. The average Bonchev–Trinajstić information content (AvgIpc) is 2.56. The lowest BCUT2D eigenvalue weighted by molar-refractivity contribution is -0.384. The van der Waals surface area contributed by atoms with Gasteiger partial charge >= 0.3 is 5.97 Å². The van der Waals surface area contributed by atoms with Gasteiger partial charge in [-0.3, -0.25) is 14.9 Å². The van der Waals surface area contributed by atoms with Crippen molar-refractivity contribution >= 4 is 23.3 Å². The number of hydrogen-bond donors (Lipinski definition) is 1. The van der Waals surface area contributed by atoms with E-state index in [2.05, 4.69) is 5.32 Å². The number of nitrogens with zero attached hydrogens (tertiary/aromatic N) is 1. The Morgan fingerprint density at radius 1 is 1.32 bits per heavy atom. The molecule has 0 fully saturated rings. The molecular weight excluding hydrogens is 331 g/mol. The van der Waals surface area contributed by atoms with E-state index in [9.17, 15) is 24.1 Å². The van der Waals surface area contributed by atoms with Crippen molar-refractivity contribution in [3.05, 3.63) is 69.5 Å². The largest absolute Gasteiger partial charge is 0.445 e. The molecule has 0 spiro atoms. The molecule has 1 aliphatic rings. The van der Waals surface area contributed by atoms with Gasteiger partial charge in [-0.15, -0.1) is 0 Å². The molecule has 0 bridgehead atoms. The number of amides is 1. The van der Waals surface area contributed by atoms with Crippen molar-refractivity contribution in [3.63, 3.8) is 0 Å². The van der Waals surface area contributed by atoms with E-state index in [1.165, 1.54) is 6.92 Å². The van der Waals surface area contributed by atoms with Gasteiger partial charge in [0.2, 0.25) is 0 Å². The number of benzene rings is 2. The fraction of sp³-hybridized carbons (Fsp3) is 0.176. The predicted octanol–water partition coefficient (Wildman–Crippen LogP) is 2.84. The third kappa shape index (κ3) is 3.06. The first-order valence-electron chi connectivity index (χ1n) is 7.37. The molecule has 128 valence electrons. The molecule has 1 atom stereocenters. The molecule has 1 aliphatic heterocycles. The third-order valence-electron chi connectivity index (χ3n) is 3.97. The number of nitro groups is 1. The lowest BCUT2D eigenvalue weighted by Crippen LogP contribution is -2.49. The first kappa shape index (κ1) is 16.6. The second kappa shape index (κ2) is 5.97. The monoisotopic (exact) mass is 344 g/mol. The summed E-state index contributed by atoms with van der Waals surface area (Å²) in [6, 6.07) is 9.50. The summed E-state index contributed by atoms with van der Waals surface area (Å²) < 4.78 is 19.1. The van der Waals surface area contributed by atoms with Gasteiger partial charge in [0.05, 0.1) is 16.2 Å². The van der Waals surface area contributed by atoms with Crippen LogP contribution in [0, 0.1) is 15.9 Å². The second-order valence-electron chi connectivity index (χ2n) is 5.83. The zero-order chi connectivity index (χ0) is 18.2. The fourth-order valence-electron chi connectivity index (χ4n) is 2.64. The molecule has 3 rings (SSSR count). The van der Waals surface area contributed by atoms with Crippen molar-refractivity contribution in [1.29, 1.82) is 0 Å². The van der Waals surface area contributed by atoms with Gasteiger partial charge in [0.25, 0.3) is 11.6 Å². The summed E-state index contributed by atoms with van der Waals surface area (Å²) in [6.45, 7) is 1.41. The number of carbonyl (C=O) groups is 2. The van der Waals surface area contributed by atoms with Gasteiger partial charge in [-0.2, -0.15) is 0 Å². The Morgan fingerprint density at radius 2 is 2.04 bits per heavy atom. The van der Waals surface area contributed by atoms with Gasteiger partial charge in [-0.25, -0.2) is 9.18 Å². The predicted molar refractivity (Wildman–Crippen MR) is 85.7 cm³/mol. The number of carbonyl (C=O) groups excluding carboxylic acids is 2. The zero-order valence-corrected chi connectivity index (χ0v) is 13.1. The van der Waals surface area contributed by atoms with Crippen LogP contribution >= 0.6 is 0 Å². The Balaban J connectivity index is 1.88. The molecule has 0 radical (unpaired) electrons. The van der Waals surface area contributed by atoms with E-state index < -0.39 is 28.2 Å². The summed E-state index contributed by atoms with van der Waals surface area (Å²) in [4.78, 5) is 34.8. The molecular formula is C17H13FN2O5. The Morgan fingerprint density at radius 3 is 2.76 bits per heavy atom. The van der Waals surface area contributed by atoms with Crippen LogP contribution in [0.3, 0.4) is 0 Å². The van der Waals surface area contributed by atoms with Crippen LogP contribution in [0.1, 0.15) is 22.8 Å². The molecule has 2 aromatic rings. The average molecular weight is 344 g/mol. The highest BCUT2D eigenvalue weighted by atomic mass is 19.1. The minimum Gasteiger partial charge on any atom is -0.445 e. The number of nitro benzene ring substituents is 1. The number of nitrogens with one attached hydrogen (secondary N) is 1. The number of hydrogen-bond acceptors (Lipinski definition) is 5. The number of rotatable bonds is 3. The molecule has 0 saturated carbocycles. The van der Waals surface area contributed by atoms with Crippen LogP contribution in [0.15, 0.2) is 42.5 Å². The number of ether oxygens (including phenoxy) is 1. The molecule has 8 heteroatoms. The van der Waals surface area contributed by atoms with E-state index in [0.29, 0.717) is 11.1 Å². The molecule has 1 amide bonds. The number of fused-ring (bicyclic) bond motifs is 1. The topological polar surface area (TPSA) is 98.5 Å². The standard InChI is InChI=1S/C17H13FN2O5/c1-17(9-10-4-2-3-5-12(10)15(21)25-17)16(22)19-14-8-11(20(23)24)6-7-13(14)18/h2-8H,9H2,1H3,(H,19,22). The molecule has 7 nitrogen and oxygen atoms in total. The van der Waals surface area contributed by atoms with Gasteiger partial charge in [0, 0.05) is 18.6 Å². The Kier molecular flexibility index (Phi) is 3.96. The van der Waals surface area contributed by atoms with Crippen molar-refractivity contribution in [1.82, 2.24) is 0 Å². The van der Waals surface area contributed by atoms with Gasteiger partial charge in [-0.05, 0) is 24.6 Å². The lowest BCUT2D eigenvalue weighted by Gasteiger charge is -2.33. The van der Waals surface area contributed by atoms with Crippen molar-refractivity contribution in [2.45, 2.75) is 18.9 Å². The Hall–Kier alpha value is -3.29. The number of non-ortho nitro benzene ring substituents is 1. The normalized spacial score (nSPS) is 18.9. The smallest absolute Gasteiger partial charge is 0.339 e. The maximum atomic E-state index is 13.9. The number of halogens is 1. The van der Waals surface area contributed by atoms with E-state index in [1.54, 1.807) is 24.3 Å². The summed E-state index contributed by atoms with van der Waals surface area (Å²) in [7, 11) is 0. The summed E-state index contributed by atoms with van der Waals surface area (Å²) in [6.07, 6.45) is 0.108. The molecule has 0 aromatic heterocycles. The van der Waals surface area contributed by atoms with E-state index in [4.69, 9.17) is 4.74 Å². The van der Waals surface area contributed by atoms with E-state index in [-0.39, 0.29) is 17.8 Å². The summed E-state index contributed by atoms with van der Waals surface area (Å²) in [5.41, 5.74) is -1.27. The van der Waals surface area contributed by atoms with Gasteiger partial charge in [0.15, 0.2) is 5.60 Å². The maximum Gasteiger partial charge on any atom is 0.339 e. The number of cyclic esters (lactones) is 1. The van der Waals surface area contributed by atoms with Crippen LogP contribution in [0.4, 0.5) is 15.8 Å². The SMILES string of the molecule is CC1(C(=O)Nc2cc([N+](=O)[O-])ccc2F)Cc2ccccc2C(=O)O1. The minimum atomic E-state index is -1.55. The zero-order valence-electron chi connectivity index (χ0n) is 13.1. The second-order valence-corrected chi connectivity index (χ2v) is 5.83. The van der Waals surface area contributed by atoms with Crippen molar-refractivity contribution in [3.8, 4) is 0 Å². The van der Waals surface area contributed by atoms with Crippen LogP contribution in [-0.4, -0.2) is 22.4 Å². The minimum absolute atomic E-state index is 0.108. The van der Waals surface area contributed by atoms with E-state index in [1.807, 2.05) is 0 Å². The molecule has 25 heavy (non-hydrogen) atoms. The van der Waals surface area contributed by atoms with Gasteiger partial charge < -0.3 is 10.1 Å². The summed E-state index contributed by atoms with van der Waals surface area (Å²) in [5, 5.41) is 13.1. The molecule has 1 heterocycles. The van der Waals surface area contributed by atoms with Crippen molar-refractivity contribution < 1.29 is 23.6 Å². The maximum absolute atomic E-state index is 13.9. The summed E-state index contributed by atoms with van der Waals surface area (Å²) in [5.74, 6) is -2.25.